The third-order valence-corrected chi connectivity index (χ3v) is 4.57. The third-order valence-electron chi connectivity index (χ3n) is 4.57. The molecule has 2 aromatic rings. The Labute approximate surface area is 136 Å². The van der Waals surface area contributed by atoms with E-state index in [1.165, 1.54) is 0 Å². The Kier molecular flexibility index (Phi) is 4.22. The molecule has 1 aliphatic heterocycles. The van der Waals surface area contributed by atoms with Gasteiger partial charge in [-0.05, 0) is 31.9 Å². The fourth-order valence-corrected chi connectivity index (χ4v) is 2.91. The van der Waals surface area contributed by atoms with Crippen molar-refractivity contribution in [2.24, 2.45) is 5.41 Å². The Morgan fingerprint density at radius 2 is 2.17 bits per heavy atom. The monoisotopic (exact) mass is 313 g/mol. The Bertz CT molecular complexity index is 715. The summed E-state index contributed by atoms with van der Waals surface area (Å²) in [5.74, 6) is -0.0736. The number of nitrogens with one attached hydrogen (secondary N) is 1. The molecule has 3 rings (SSSR count). The van der Waals surface area contributed by atoms with E-state index in [0.29, 0.717) is 18.7 Å². The topological polar surface area (TPSA) is 56.2 Å². The summed E-state index contributed by atoms with van der Waals surface area (Å²) >= 11 is 0. The number of ether oxygens (including phenoxy) is 1. The second kappa shape index (κ2) is 6.16. The first-order valence-corrected chi connectivity index (χ1v) is 7.97. The van der Waals surface area contributed by atoms with Crippen LogP contribution < -0.4 is 5.32 Å². The van der Waals surface area contributed by atoms with Gasteiger partial charge in [-0.2, -0.15) is 5.10 Å². The van der Waals surface area contributed by atoms with Crippen LogP contribution in [0.2, 0.25) is 0 Å². The minimum Gasteiger partial charge on any atom is -0.381 e. The van der Waals surface area contributed by atoms with E-state index in [1.54, 1.807) is 6.20 Å². The number of amides is 1. The number of carbonyl (C=O) groups is 1. The highest BCUT2D eigenvalue weighted by Gasteiger charge is 2.30. The fraction of sp³-hybridized carbons (Fsp3) is 0.444. The molecule has 0 aliphatic carbocycles. The summed E-state index contributed by atoms with van der Waals surface area (Å²) in [6.07, 6.45) is 2.62. The number of nitrogens with zero attached hydrogens (tertiary/aromatic N) is 2. The number of hydrogen-bond donors (Lipinski definition) is 1. The zero-order chi connectivity index (χ0) is 16.4. The van der Waals surface area contributed by atoms with Crippen molar-refractivity contribution >= 4 is 5.91 Å². The molecular weight excluding hydrogens is 290 g/mol. The van der Waals surface area contributed by atoms with E-state index in [-0.39, 0.29) is 11.3 Å². The molecule has 1 fully saturated rings. The van der Waals surface area contributed by atoms with Crippen LogP contribution in [0.3, 0.4) is 0 Å². The van der Waals surface area contributed by atoms with Gasteiger partial charge in [0, 0.05) is 18.6 Å². The summed E-state index contributed by atoms with van der Waals surface area (Å²) in [5, 5.41) is 7.43. The van der Waals surface area contributed by atoms with Crippen LogP contribution in [0.1, 0.15) is 35.0 Å². The molecule has 2 heterocycles. The van der Waals surface area contributed by atoms with Crippen LogP contribution in [0.25, 0.3) is 5.69 Å². The molecule has 1 atom stereocenters. The average molecular weight is 313 g/mol. The van der Waals surface area contributed by atoms with Crippen molar-refractivity contribution in [2.45, 2.75) is 27.2 Å². The summed E-state index contributed by atoms with van der Waals surface area (Å²) in [4.78, 5) is 12.5. The molecule has 1 aromatic heterocycles. The fourth-order valence-electron chi connectivity index (χ4n) is 2.91. The first kappa shape index (κ1) is 15.7. The number of aromatic nitrogens is 2. The van der Waals surface area contributed by atoms with Gasteiger partial charge in [-0.15, -0.1) is 0 Å². The standard InChI is InChI=1S/C18H23N3O2/c1-13-6-4-5-7-16(13)21-14(2)15(10-20-21)17(22)19-11-18(3)8-9-23-12-18/h4-7,10H,8-9,11-12H2,1-3H3,(H,19,22). The SMILES string of the molecule is Cc1ccccc1-n1ncc(C(=O)NCC2(C)CCOC2)c1C. The molecule has 23 heavy (non-hydrogen) atoms. The lowest BCUT2D eigenvalue weighted by atomic mass is 9.90. The molecule has 1 aliphatic rings. The third kappa shape index (κ3) is 3.15. The largest absolute Gasteiger partial charge is 0.381 e. The number of carbonyl (C=O) groups excluding carboxylic acids is 1. The summed E-state index contributed by atoms with van der Waals surface area (Å²) in [7, 11) is 0. The summed E-state index contributed by atoms with van der Waals surface area (Å²) in [6, 6.07) is 8.02. The van der Waals surface area contributed by atoms with Gasteiger partial charge in [0.15, 0.2) is 0 Å². The minimum absolute atomic E-state index is 0.0373. The Balaban J connectivity index is 1.76. The van der Waals surface area contributed by atoms with Gasteiger partial charge < -0.3 is 10.1 Å². The highest BCUT2D eigenvalue weighted by Crippen LogP contribution is 2.26. The molecule has 0 radical (unpaired) electrons. The van der Waals surface area contributed by atoms with Crippen molar-refractivity contribution in [1.82, 2.24) is 15.1 Å². The van der Waals surface area contributed by atoms with E-state index >= 15 is 0 Å². The van der Waals surface area contributed by atoms with E-state index in [0.717, 1.165) is 30.0 Å². The van der Waals surface area contributed by atoms with Crippen molar-refractivity contribution < 1.29 is 9.53 Å². The minimum atomic E-state index is -0.0736. The van der Waals surface area contributed by atoms with Crippen molar-refractivity contribution in [2.75, 3.05) is 19.8 Å². The van der Waals surface area contributed by atoms with Gasteiger partial charge in [0.05, 0.1) is 29.7 Å². The average Bonchev–Trinajstić information content (AvgIpc) is 3.13. The normalized spacial score (nSPS) is 20.7. The van der Waals surface area contributed by atoms with Crippen LogP contribution in [-0.4, -0.2) is 35.4 Å². The molecular formula is C18H23N3O2. The van der Waals surface area contributed by atoms with Gasteiger partial charge in [-0.1, -0.05) is 25.1 Å². The van der Waals surface area contributed by atoms with Gasteiger partial charge in [0.25, 0.3) is 5.91 Å². The van der Waals surface area contributed by atoms with E-state index in [4.69, 9.17) is 4.74 Å². The Hall–Kier alpha value is -2.14. The molecule has 1 N–H and O–H groups in total. The number of rotatable bonds is 4. The van der Waals surface area contributed by atoms with Gasteiger partial charge in [0.2, 0.25) is 0 Å². The van der Waals surface area contributed by atoms with Gasteiger partial charge in [0.1, 0.15) is 0 Å². The quantitative estimate of drug-likeness (QED) is 0.944. The molecule has 5 heteroatoms. The maximum absolute atomic E-state index is 12.5. The zero-order valence-corrected chi connectivity index (χ0v) is 13.9. The highest BCUT2D eigenvalue weighted by molar-refractivity contribution is 5.95. The summed E-state index contributed by atoms with van der Waals surface area (Å²) in [5.41, 5.74) is 3.64. The lowest BCUT2D eigenvalue weighted by Gasteiger charge is -2.21. The maximum atomic E-state index is 12.5. The Morgan fingerprint density at radius 1 is 1.39 bits per heavy atom. The lowest BCUT2D eigenvalue weighted by molar-refractivity contribution is 0.0924. The van der Waals surface area contributed by atoms with E-state index in [1.807, 2.05) is 42.8 Å². The molecule has 1 aromatic carbocycles. The van der Waals surface area contributed by atoms with Gasteiger partial charge in [-0.3, -0.25) is 4.79 Å². The number of aryl methyl sites for hydroxylation is 1. The van der Waals surface area contributed by atoms with Crippen LogP contribution in [0, 0.1) is 19.3 Å². The molecule has 0 saturated carbocycles. The molecule has 1 saturated heterocycles. The van der Waals surface area contributed by atoms with Crippen LogP contribution in [-0.2, 0) is 4.74 Å². The van der Waals surface area contributed by atoms with Crippen molar-refractivity contribution in [3.8, 4) is 5.69 Å². The van der Waals surface area contributed by atoms with Crippen molar-refractivity contribution in [1.29, 1.82) is 0 Å². The van der Waals surface area contributed by atoms with E-state index in [2.05, 4.69) is 17.3 Å². The van der Waals surface area contributed by atoms with E-state index < -0.39 is 0 Å². The summed E-state index contributed by atoms with van der Waals surface area (Å²) < 4.78 is 7.25. The molecule has 0 bridgehead atoms. The molecule has 1 amide bonds. The Morgan fingerprint density at radius 3 is 2.87 bits per heavy atom. The smallest absolute Gasteiger partial charge is 0.254 e. The van der Waals surface area contributed by atoms with Gasteiger partial charge in [-0.25, -0.2) is 4.68 Å². The molecule has 5 nitrogen and oxygen atoms in total. The first-order chi connectivity index (χ1) is 11.0. The number of para-hydroxylation sites is 1. The maximum Gasteiger partial charge on any atom is 0.254 e. The lowest BCUT2D eigenvalue weighted by Crippen LogP contribution is -2.36. The van der Waals surface area contributed by atoms with Crippen LogP contribution in [0.4, 0.5) is 0 Å². The van der Waals surface area contributed by atoms with E-state index in [9.17, 15) is 4.79 Å². The summed E-state index contributed by atoms with van der Waals surface area (Å²) in [6.45, 7) is 8.21. The molecule has 1 unspecified atom stereocenters. The molecule has 0 spiro atoms. The van der Waals surface area contributed by atoms with Crippen LogP contribution >= 0.6 is 0 Å². The van der Waals surface area contributed by atoms with Crippen molar-refractivity contribution in [3.05, 3.63) is 47.3 Å². The second-order valence-electron chi connectivity index (χ2n) is 6.64. The first-order valence-electron chi connectivity index (χ1n) is 7.97. The van der Waals surface area contributed by atoms with Crippen molar-refractivity contribution in [3.63, 3.8) is 0 Å². The van der Waals surface area contributed by atoms with Crippen LogP contribution in [0.5, 0.6) is 0 Å². The zero-order valence-electron chi connectivity index (χ0n) is 13.9. The van der Waals surface area contributed by atoms with Gasteiger partial charge >= 0.3 is 0 Å². The predicted octanol–water partition coefficient (Wildman–Crippen LogP) is 2.65. The second-order valence-corrected chi connectivity index (χ2v) is 6.64. The number of hydrogen-bond acceptors (Lipinski definition) is 3. The predicted molar refractivity (Wildman–Crippen MR) is 88.9 cm³/mol. The molecule has 122 valence electrons. The number of benzene rings is 1. The highest BCUT2D eigenvalue weighted by atomic mass is 16.5. The van der Waals surface area contributed by atoms with Crippen LogP contribution in [0.15, 0.2) is 30.5 Å².